The third kappa shape index (κ3) is 7.39. The van der Waals surface area contributed by atoms with Crippen LogP contribution in [-0.4, -0.2) is 44.8 Å². The van der Waals surface area contributed by atoms with Gasteiger partial charge in [-0.2, -0.15) is 0 Å². The Hall–Kier alpha value is -3.70. The minimum atomic E-state index is -0.536. The predicted octanol–water partition coefficient (Wildman–Crippen LogP) is 2.74. The molecule has 0 spiro atoms. The lowest BCUT2D eigenvalue weighted by Gasteiger charge is -2.12. The molecule has 0 radical (unpaired) electrons. The predicted molar refractivity (Wildman–Crippen MR) is 128 cm³/mol. The number of hydrogen-bond acceptors (Lipinski definition) is 7. The molecule has 9 nitrogen and oxygen atoms in total. The molecule has 0 unspecified atom stereocenters. The van der Waals surface area contributed by atoms with Gasteiger partial charge in [0, 0.05) is 6.54 Å². The SMILES string of the molecule is CCOC(=O)c1ccccc1NC(=O)CSc1ncc(CO)n1CC(=O)NCc1ccc(F)cc1. The number of benzene rings is 2. The molecule has 0 saturated heterocycles. The van der Waals surface area contributed by atoms with Crippen molar-refractivity contribution in [3.8, 4) is 0 Å². The normalized spacial score (nSPS) is 10.6. The molecule has 0 fully saturated rings. The number of nitrogens with one attached hydrogen (secondary N) is 2. The first-order chi connectivity index (χ1) is 16.9. The first-order valence-electron chi connectivity index (χ1n) is 10.8. The molecule has 3 aromatic rings. The Morgan fingerprint density at radius 1 is 1.11 bits per heavy atom. The van der Waals surface area contributed by atoms with Crippen LogP contribution >= 0.6 is 11.8 Å². The van der Waals surface area contributed by atoms with Crippen LogP contribution in [-0.2, 0) is 34.0 Å². The molecule has 1 aromatic heterocycles. The Labute approximate surface area is 205 Å². The Bertz CT molecular complexity index is 1180. The maximum atomic E-state index is 13.0. The fraction of sp³-hybridized carbons (Fsp3) is 0.250. The van der Waals surface area contributed by atoms with Gasteiger partial charge in [0.15, 0.2) is 5.16 Å². The van der Waals surface area contributed by atoms with Crippen LogP contribution in [0.15, 0.2) is 59.9 Å². The molecular weight excluding hydrogens is 475 g/mol. The van der Waals surface area contributed by atoms with Crippen molar-refractivity contribution in [2.24, 2.45) is 0 Å². The highest BCUT2D eigenvalue weighted by Gasteiger charge is 2.17. The van der Waals surface area contributed by atoms with E-state index in [2.05, 4.69) is 15.6 Å². The second-order valence-corrected chi connectivity index (χ2v) is 8.22. The van der Waals surface area contributed by atoms with Gasteiger partial charge in [0.25, 0.3) is 0 Å². The van der Waals surface area contributed by atoms with Crippen LogP contribution in [0, 0.1) is 5.82 Å². The maximum absolute atomic E-state index is 13.0. The van der Waals surface area contributed by atoms with E-state index in [9.17, 15) is 23.9 Å². The Morgan fingerprint density at radius 2 is 1.86 bits per heavy atom. The molecule has 35 heavy (non-hydrogen) atoms. The summed E-state index contributed by atoms with van der Waals surface area (Å²) in [5.41, 5.74) is 1.73. The van der Waals surface area contributed by atoms with E-state index in [1.165, 1.54) is 22.9 Å². The van der Waals surface area contributed by atoms with E-state index in [1.54, 1.807) is 43.3 Å². The summed E-state index contributed by atoms with van der Waals surface area (Å²) in [6.45, 7) is 1.67. The molecule has 184 valence electrons. The number of imidazole rings is 1. The standard InChI is InChI=1S/C24H25FN4O5S/c1-2-34-23(33)19-5-3-4-6-20(19)28-22(32)15-35-24-27-12-18(14-30)29(24)13-21(31)26-11-16-7-9-17(25)10-8-16/h3-10,12,30H,2,11,13-15H2,1H3,(H,26,31)(H,28,32). The number of halogens is 1. The number of para-hydroxylation sites is 1. The summed E-state index contributed by atoms with van der Waals surface area (Å²) in [7, 11) is 0. The summed E-state index contributed by atoms with van der Waals surface area (Å²) in [5.74, 6) is -1.66. The molecule has 0 atom stereocenters. The second kappa shape index (κ2) is 12.7. The number of aliphatic hydroxyl groups excluding tert-OH is 1. The average Bonchev–Trinajstić information content (AvgIpc) is 3.24. The molecule has 0 bridgehead atoms. The molecule has 0 saturated carbocycles. The summed E-state index contributed by atoms with van der Waals surface area (Å²) in [6, 6.07) is 12.3. The lowest BCUT2D eigenvalue weighted by atomic mass is 10.2. The van der Waals surface area contributed by atoms with Gasteiger partial charge in [-0.3, -0.25) is 9.59 Å². The molecule has 0 aliphatic carbocycles. The number of aliphatic hydroxyl groups is 1. The number of amides is 2. The molecule has 3 N–H and O–H groups in total. The number of aromatic nitrogens is 2. The summed E-state index contributed by atoms with van der Waals surface area (Å²) < 4.78 is 19.6. The first-order valence-corrected chi connectivity index (χ1v) is 11.7. The van der Waals surface area contributed by atoms with Crippen LogP contribution in [0.3, 0.4) is 0 Å². The van der Waals surface area contributed by atoms with Crippen LogP contribution in [0.2, 0.25) is 0 Å². The second-order valence-electron chi connectivity index (χ2n) is 7.28. The molecule has 0 aliphatic heterocycles. The number of carbonyl (C=O) groups is 3. The third-order valence-corrected chi connectivity index (χ3v) is 5.79. The monoisotopic (exact) mass is 500 g/mol. The van der Waals surface area contributed by atoms with Crippen molar-refractivity contribution in [2.45, 2.75) is 31.8 Å². The van der Waals surface area contributed by atoms with Gasteiger partial charge in [0.2, 0.25) is 11.8 Å². The van der Waals surface area contributed by atoms with Crippen LogP contribution < -0.4 is 10.6 Å². The van der Waals surface area contributed by atoms with E-state index in [1.807, 2.05) is 0 Å². The van der Waals surface area contributed by atoms with E-state index in [-0.39, 0.29) is 55.3 Å². The number of hydrogen-bond donors (Lipinski definition) is 3. The average molecular weight is 501 g/mol. The van der Waals surface area contributed by atoms with Crippen molar-refractivity contribution < 1.29 is 28.6 Å². The molecular formula is C24H25FN4O5S. The van der Waals surface area contributed by atoms with Crippen molar-refractivity contribution in [1.29, 1.82) is 0 Å². The largest absolute Gasteiger partial charge is 0.462 e. The van der Waals surface area contributed by atoms with Crippen molar-refractivity contribution in [1.82, 2.24) is 14.9 Å². The van der Waals surface area contributed by atoms with Gasteiger partial charge in [-0.1, -0.05) is 36.0 Å². The zero-order valence-corrected chi connectivity index (χ0v) is 19.8. The Balaban J connectivity index is 1.60. The van der Waals surface area contributed by atoms with E-state index in [4.69, 9.17) is 4.74 Å². The first kappa shape index (κ1) is 25.9. The molecule has 1 heterocycles. The van der Waals surface area contributed by atoms with Gasteiger partial charge in [0.05, 0.1) is 42.1 Å². The van der Waals surface area contributed by atoms with Gasteiger partial charge >= 0.3 is 5.97 Å². The molecule has 2 aromatic carbocycles. The van der Waals surface area contributed by atoms with Gasteiger partial charge in [0.1, 0.15) is 12.4 Å². The van der Waals surface area contributed by atoms with Crippen molar-refractivity contribution in [2.75, 3.05) is 17.7 Å². The molecule has 0 aliphatic rings. The number of nitrogens with zero attached hydrogens (tertiary/aromatic N) is 2. The van der Waals surface area contributed by atoms with E-state index < -0.39 is 5.97 Å². The van der Waals surface area contributed by atoms with E-state index >= 15 is 0 Å². The summed E-state index contributed by atoms with van der Waals surface area (Å²) in [4.78, 5) is 41.3. The van der Waals surface area contributed by atoms with Gasteiger partial charge < -0.3 is 25.0 Å². The Morgan fingerprint density at radius 3 is 2.57 bits per heavy atom. The highest BCUT2D eigenvalue weighted by atomic mass is 32.2. The number of esters is 1. The molecule has 3 rings (SSSR count). The minimum absolute atomic E-state index is 0.0454. The molecule has 2 amide bonds. The van der Waals surface area contributed by atoms with Crippen LogP contribution in [0.25, 0.3) is 0 Å². The number of rotatable bonds is 11. The summed E-state index contributed by atoms with van der Waals surface area (Å²) in [5, 5.41) is 15.4. The number of thioether (sulfide) groups is 1. The van der Waals surface area contributed by atoms with Gasteiger partial charge in [-0.15, -0.1) is 0 Å². The maximum Gasteiger partial charge on any atom is 0.340 e. The zero-order chi connectivity index (χ0) is 25.2. The highest BCUT2D eigenvalue weighted by molar-refractivity contribution is 7.99. The fourth-order valence-electron chi connectivity index (χ4n) is 3.10. The van der Waals surface area contributed by atoms with Crippen LogP contribution in [0.4, 0.5) is 10.1 Å². The zero-order valence-electron chi connectivity index (χ0n) is 19.0. The number of carbonyl (C=O) groups excluding carboxylic acids is 3. The Kier molecular flexibility index (Phi) is 9.39. The van der Waals surface area contributed by atoms with Crippen molar-refractivity contribution in [3.63, 3.8) is 0 Å². The topological polar surface area (TPSA) is 123 Å². The van der Waals surface area contributed by atoms with Crippen molar-refractivity contribution >= 4 is 35.2 Å². The minimum Gasteiger partial charge on any atom is -0.462 e. The third-order valence-electron chi connectivity index (χ3n) is 4.80. The lowest BCUT2D eigenvalue weighted by Crippen LogP contribution is -2.28. The lowest BCUT2D eigenvalue weighted by molar-refractivity contribution is -0.122. The summed E-state index contributed by atoms with van der Waals surface area (Å²) >= 11 is 1.08. The molecule has 11 heteroatoms. The number of anilines is 1. The van der Waals surface area contributed by atoms with Gasteiger partial charge in [-0.05, 0) is 36.8 Å². The van der Waals surface area contributed by atoms with Crippen molar-refractivity contribution in [3.05, 3.63) is 77.4 Å². The summed E-state index contributed by atoms with van der Waals surface area (Å²) in [6.07, 6.45) is 1.43. The van der Waals surface area contributed by atoms with Crippen LogP contribution in [0.1, 0.15) is 28.5 Å². The highest BCUT2D eigenvalue weighted by Crippen LogP contribution is 2.21. The fourth-order valence-corrected chi connectivity index (χ4v) is 3.90. The number of ether oxygens (including phenoxy) is 1. The van der Waals surface area contributed by atoms with E-state index in [0.29, 0.717) is 16.5 Å². The van der Waals surface area contributed by atoms with Gasteiger partial charge in [-0.25, -0.2) is 14.2 Å². The quantitative estimate of drug-likeness (QED) is 0.273. The van der Waals surface area contributed by atoms with Crippen LogP contribution in [0.5, 0.6) is 0 Å². The smallest absolute Gasteiger partial charge is 0.340 e. The van der Waals surface area contributed by atoms with E-state index in [0.717, 1.165) is 17.3 Å².